The highest BCUT2D eigenvalue weighted by Crippen LogP contribution is 2.32. The van der Waals surface area contributed by atoms with Gasteiger partial charge in [0.2, 0.25) is 5.82 Å². The van der Waals surface area contributed by atoms with Crippen LogP contribution in [0.1, 0.15) is 29.2 Å². The number of amides is 1. The maximum Gasteiger partial charge on any atom is 0.291 e. The lowest BCUT2D eigenvalue weighted by Gasteiger charge is -2.14. The Hall–Kier alpha value is -2.02. The third-order valence-electron chi connectivity index (χ3n) is 3.39. The molecule has 1 atom stereocenters. The molecule has 100 valence electrons. The van der Waals surface area contributed by atoms with E-state index in [0.29, 0.717) is 18.2 Å². The molecule has 1 fully saturated rings. The first-order chi connectivity index (χ1) is 9.19. The summed E-state index contributed by atoms with van der Waals surface area (Å²) < 4.78 is 1.56. The van der Waals surface area contributed by atoms with Crippen molar-refractivity contribution in [2.75, 3.05) is 6.54 Å². The number of hydrogen-bond acceptors (Lipinski definition) is 5. The van der Waals surface area contributed by atoms with Crippen molar-refractivity contribution in [1.29, 1.82) is 0 Å². The van der Waals surface area contributed by atoms with Crippen molar-refractivity contribution in [3.05, 3.63) is 23.8 Å². The number of aromatic nitrogens is 4. The van der Waals surface area contributed by atoms with Gasteiger partial charge in [-0.25, -0.2) is 9.50 Å². The smallest absolute Gasteiger partial charge is 0.291 e. The number of nitrogens with two attached hydrogens (primary N) is 1. The van der Waals surface area contributed by atoms with Gasteiger partial charge in [0.25, 0.3) is 11.7 Å². The van der Waals surface area contributed by atoms with E-state index in [0.717, 1.165) is 18.5 Å². The van der Waals surface area contributed by atoms with E-state index >= 15 is 0 Å². The SMILES string of the molecule is Cc1ccnc2nc(C(=O)NC(CN)C3CC3)nn12. The van der Waals surface area contributed by atoms with Gasteiger partial charge in [-0.15, -0.1) is 5.10 Å². The van der Waals surface area contributed by atoms with E-state index in [1.165, 1.54) is 0 Å². The van der Waals surface area contributed by atoms with Gasteiger partial charge >= 0.3 is 0 Å². The van der Waals surface area contributed by atoms with Crippen LogP contribution in [0.3, 0.4) is 0 Å². The molecule has 0 bridgehead atoms. The summed E-state index contributed by atoms with van der Waals surface area (Å²) in [5, 5.41) is 7.06. The van der Waals surface area contributed by atoms with Crippen molar-refractivity contribution < 1.29 is 4.79 Å². The van der Waals surface area contributed by atoms with Crippen LogP contribution in [0.2, 0.25) is 0 Å². The molecule has 2 aromatic heterocycles. The second-order valence-electron chi connectivity index (χ2n) is 4.89. The average Bonchev–Trinajstić information content (AvgIpc) is 3.14. The zero-order valence-electron chi connectivity index (χ0n) is 10.7. The highest BCUT2D eigenvalue weighted by Gasteiger charge is 2.32. The van der Waals surface area contributed by atoms with Crippen molar-refractivity contribution >= 4 is 11.7 Å². The summed E-state index contributed by atoms with van der Waals surface area (Å²) in [4.78, 5) is 20.3. The van der Waals surface area contributed by atoms with E-state index in [4.69, 9.17) is 5.73 Å². The molecule has 1 aliphatic carbocycles. The molecule has 7 nitrogen and oxygen atoms in total. The molecule has 0 spiro atoms. The highest BCUT2D eigenvalue weighted by atomic mass is 16.2. The number of hydrogen-bond donors (Lipinski definition) is 2. The van der Waals surface area contributed by atoms with Crippen molar-refractivity contribution in [2.45, 2.75) is 25.8 Å². The molecule has 19 heavy (non-hydrogen) atoms. The van der Waals surface area contributed by atoms with Gasteiger partial charge in [-0.2, -0.15) is 4.98 Å². The lowest BCUT2D eigenvalue weighted by Crippen LogP contribution is -2.42. The van der Waals surface area contributed by atoms with E-state index in [1.54, 1.807) is 10.7 Å². The molecule has 3 N–H and O–H groups in total. The van der Waals surface area contributed by atoms with Gasteiger partial charge in [0.1, 0.15) is 0 Å². The van der Waals surface area contributed by atoms with E-state index in [9.17, 15) is 4.79 Å². The third-order valence-corrected chi connectivity index (χ3v) is 3.39. The largest absolute Gasteiger partial charge is 0.345 e. The summed E-state index contributed by atoms with van der Waals surface area (Å²) in [5.74, 6) is 0.792. The molecule has 0 aromatic carbocycles. The second kappa shape index (κ2) is 4.58. The topological polar surface area (TPSA) is 98.2 Å². The minimum atomic E-state index is -0.285. The number of fused-ring (bicyclic) bond motifs is 1. The standard InChI is InChI=1S/C12H16N6O/c1-7-4-5-14-12-16-10(17-18(7)12)11(19)15-9(6-13)8-2-3-8/h4-5,8-9H,2-3,6,13H2,1H3,(H,15,19). The Kier molecular flexibility index (Phi) is 2.90. The van der Waals surface area contributed by atoms with Crippen LogP contribution in [0.4, 0.5) is 0 Å². The van der Waals surface area contributed by atoms with Crippen LogP contribution in [0, 0.1) is 12.8 Å². The Morgan fingerprint density at radius 2 is 2.42 bits per heavy atom. The molecule has 2 aromatic rings. The molecule has 0 radical (unpaired) electrons. The normalized spacial score (nSPS) is 16.5. The predicted octanol–water partition coefficient (Wildman–Crippen LogP) is -0.100. The maximum atomic E-state index is 12.1. The van der Waals surface area contributed by atoms with Gasteiger partial charge in [-0.1, -0.05) is 0 Å². The van der Waals surface area contributed by atoms with Crippen molar-refractivity contribution in [3.63, 3.8) is 0 Å². The lowest BCUT2D eigenvalue weighted by atomic mass is 10.2. The maximum absolute atomic E-state index is 12.1. The first kappa shape index (κ1) is 12.0. The number of rotatable bonds is 4. The zero-order valence-corrected chi connectivity index (χ0v) is 10.7. The van der Waals surface area contributed by atoms with E-state index < -0.39 is 0 Å². The van der Waals surface area contributed by atoms with Gasteiger partial charge in [0.15, 0.2) is 0 Å². The van der Waals surface area contributed by atoms with Crippen molar-refractivity contribution in [1.82, 2.24) is 24.9 Å². The summed E-state index contributed by atoms with van der Waals surface area (Å²) in [7, 11) is 0. The van der Waals surface area contributed by atoms with Crippen LogP contribution in [0.5, 0.6) is 0 Å². The fourth-order valence-corrected chi connectivity index (χ4v) is 2.10. The molecule has 1 unspecified atom stereocenters. The van der Waals surface area contributed by atoms with Crippen LogP contribution >= 0.6 is 0 Å². The van der Waals surface area contributed by atoms with E-state index in [2.05, 4.69) is 20.4 Å². The fourth-order valence-electron chi connectivity index (χ4n) is 2.10. The second-order valence-corrected chi connectivity index (χ2v) is 4.89. The van der Waals surface area contributed by atoms with Crippen molar-refractivity contribution in [2.24, 2.45) is 11.7 Å². The minimum Gasteiger partial charge on any atom is -0.345 e. The Labute approximate surface area is 110 Å². The summed E-state index contributed by atoms with van der Waals surface area (Å²) in [6.07, 6.45) is 3.90. The zero-order chi connectivity index (χ0) is 13.4. The molecular weight excluding hydrogens is 244 g/mol. The van der Waals surface area contributed by atoms with Crippen LogP contribution in [-0.4, -0.2) is 38.1 Å². The Balaban J connectivity index is 1.83. The van der Waals surface area contributed by atoms with Gasteiger partial charge in [-0.3, -0.25) is 4.79 Å². The fraction of sp³-hybridized carbons (Fsp3) is 0.500. The molecule has 2 heterocycles. The predicted molar refractivity (Wildman–Crippen MR) is 68.6 cm³/mol. The molecule has 1 aliphatic rings. The lowest BCUT2D eigenvalue weighted by molar-refractivity contribution is 0.0923. The molecule has 7 heteroatoms. The molecule has 1 amide bonds. The van der Waals surface area contributed by atoms with Crippen LogP contribution in [-0.2, 0) is 0 Å². The molecular formula is C12H16N6O. The number of nitrogens with zero attached hydrogens (tertiary/aromatic N) is 4. The van der Waals surface area contributed by atoms with E-state index in [1.807, 2.05) is 13.0 Å². The van der Waals surface area contributed by atoms with Gasteiger partial charge in [0.05, 0.1) is 0 Å². The monoisotopic (exact) mass is 260 g/mol. The van der Waals surface area contributed by atoms with Gasteiger partial charge < -0.3 is 11.1 Å². The Bertz CT molecular complexity index is 618. The average molecular weight is 260 g/mol. The highest BCUT2D eigenvalue weighted by molar-refractivity contribution is 5.91. The number of nitrogens with one attached hydrogen (secondary N) is 1. The first-order valence-electron chi connectivity index (χ1n) is 6.38. The summed E-state index contributed by atoms with van der Waals surface area (Å²) >= 11 is 0. The summed E-state index contributed by atoms with van der Waals surface area (Å²) in [6, 6.07) is 1.84. The summed E-state index contributed by atoms with van der Waals surface area (Å²) in [5.41, 5.74) is 6.55. The van der Waals surface area contributed by atoms with Crippen LogP contribution in [0.15, 0.2) is 12.3 Å². The molecule has 0 saturated heterocycles. The van der Waals surface area contributed by atoms with Crippen LogP contribution < -0.4 is 11.1 Å². The molecule has 3 rings (SSSR count). The first-order valence-corrected chi connectivity index (χ1v) is 6.38. The molecule has 1 saturated carbocycles. The van der Waals surface area contributed by atoms with Crippen LogP contribution in [0.25, 0.3) is 5.78 Å². The van der Waals surface area contributed by atoms with Gasteiger partial charge in [-0.05, 0) is 31.7 Å². The number of aryl methyl sites for hydroxylation is 1. The summed E-state index contributed by atoms with van der Waals surface area (Å²) in [6.45, 7) is 2.33. The minimum absolute atomic E-state index is 0.0215. The Morgan fingerprint density at radius 3 is 3.05 bits per heavy atom. The molecule has 0 aliphatic heterocycles. The third kappa shape index (κ3) is 2.28. The van der Waals surface area contributed by atoms with Gasteiger partial charge in [0, 0.05) is 24.5 Å². The van der Waals surface area contributed by atoms with Crippen molar-refractivity contribution in [3.8, 4) is 0 Å². The number of carbonyl (C=O) groups is 1. The van der Waals surface area contributed by atoms with E-state index in [-0.39, 0.29) is 17.8 Å². The number of carbonyl (C=O) groups excluding carboxylic acids is 1. The quantitative estimate of drug-likeness (QED) is 0.800. The Morgan fingerprint density at radius 1 is 1.63 bits per heavy atom.